The first kappa shape index (κ1) is 15.3. The topological polar surface area (TPSA) is 77.1 Å². The number of carbonyl (C=O) groups excluding carboxylic acids is 2. The number of fused-ring (bicyclic) bond motifs is 1. The van der Waals surface area contributed by atoms with E-state index in [4.69, 9.17) is 14.2 Å². The Morgan fingerprint density at radius 2 is 1.92 bits per heavy atom. The first-order valence-corrected chi connectivity index (χ1v) is 7.92. The summed E-state index contributed by atoms with van der Waals surface area (Å²) in [7, 11) is 0. The van der Waals surface area contributed by atoms with Gasteiger partial charge in [0.1, 0.15) is 6.10 Å². The number of rotatable bonds is 4. The van der Waals surface area contributed by atoms with Crippen LogP contribution in [0.25, 0.3) is 0 Å². The maximum atomic E-state index is 12.1. The number of amides is 2. The molecule has 1 atom stereocenters. The summed E-state index contributed by atoms with van der Waals surface area (Å²) >= 11 is 0. The van der Waals surface area contributed by atoms with Crippen molar-refractivity contribution in [2.24, 2.45) is 0 Å². The van der Waals surface area contributed by atoms with Crippen LogP contribution >= 0.6 is 0 Å². The zero-order chi connectivity index (χ0) is 17.2. The van der Waals surface area contributed by atoms with Crippen LogP contribution in [0.5, 0.6) is 11.5 Å². The molecule has 2 aliphatic heterocycles. The van der Waals surface area contributed by atoms with Crippen molar-refractivity contribution in [2.75, 3.05) is 24.8 Å². The summed E-state index contributed by atoms with van der Waals surface area (Å²) in [5, 5.41) is 2.79. The third kappa shape index (κ3) is 3.08. The molecule has 2 heterocycles. The molecule has 0 bridgehead atoms. The fourth-order valence-electron chi connectivity index (χ4n) is 2.79. The smallest absolute Gasteiger partial charge is 0.414 e. The molecule has 0 aromatic heterocycles. The van der Waals surface area contributed by atoms with E-state index < -0.39 is 12.2 Å². The van der Waals surface area contributed by atoms with Crippen LogP contribution < -0.4 is 19.7 Å². The second-order valence-electron chi connectivity index (χ2n) is 5.73. The highest BCUT2D eigenvalue weighted by Crippen LogP contribution is 2.36. The maximum absolute atomic E-state index is 12.1. The molecular formula is C18H16N2O5. The fraction of sp³-hybridized carbons (Fsp3) is 0.222. The first-order chi connectivity index (χ1) is 12.2. The number of hydrogen-bond acceptors (Lipinski definition) is 5. The van der Waals surface area contributed by atoms with E-state index in [9.17, 15) is 9.59 Å². The minimum absolute atomic E-state index is 0.178. The molecule has 7 nitrogen and oxygen atoms in total. The van der Waals surface area contributed by atoms with Gasteiger partial charge in [-0.25, -0.2) is 4.79 Å². The molecule has 0 saturated carbocycles. The molecule has 2 amide bonds. The summed E-state index contributed by atoms with van der Waals surface area (Å²) in [5.74, 6) is 1.06. The maximum Gasteiger partial charge on any atom is 0.414 e. The van der Waals surface area contributed by atoms with Gasteiger partial charge in [0.25, 0.3) is 5.91 Å². The van der Waals surface area contributed by atoms with Crippen LogP contribution in [0.15, 0.2) is 48.5 Å². The quantitative estimate of drug-likeness (QED) is 0.923. The van der Waals surface area contributed by atoms with Gasteiger partial charge in [0.05, 0.1) is 18.8 Å². The van der Waals surface area contributed by atoms with Crippen LogP contribution in [-0.4, -0.2) is 38.0 Å². The number of carbonyl (C=O) groups is 2. The zero-order valence-electron chi connectivity index (χ0n) is 13.3. The molecule has 25 heavy (non-hydrogen) atoms. The van der Waals surface area contributed by atoms with Crippen molar-refractivity contribution in [2.45, 2.75) is 6.10 Å². The average Bonchev–Trinajstić information content (AvgIpc) is 3.26. The highest BCUT2D eigenvalue weighted by atomic mass is 16.7. The van der Waals surface area contributed by atoms with Crippen molar-refractivity contribution < 1.29 is 23.8 Å². The van der Waals surface area contributed by atoms with Crippen molar-refractivity contribution in [3.8, 4) is 11.5 Å². The summed E-state index contributed by atoms with van der Waals surface area (Å²) in [5.41, 5.74) is 1.24. The largest absolute Gasteiger partial charge is 0.454 e. The first-order valence-electron chi connectivity index (χ1n) is 7.92. The predicted molar refractivity (Wildman–Crippen MR) is 89.0 cm³/mol. The second-order valence-corrected chi connectivity index (χ2v) is 5.73. The van der Waals surface area contributed by atoms with E-state index in [2.05, 4.69) is 5.32 Å². The van der Waals surface area contributed by atoms with Crippen molar-refractivity contribution in [3.05, 3.63) is 54.1 Å². The van der Waals surface area contributed by atoms with Gasteiger partial charge in [-0.2, -0.15) is 0 Å². The number of benzene rings is 2. The SMILES string of the molecule is O=C(NC[C@@H]1CN(c2ccc3c(c2)OCO3)C(=O)O1)c1ccccc1. The molecule has 1 saturated heterocycles. The molecule has 0 spiro atoms. The minimum atomic E-state index is -0.446. The number of hydrogen-bond donors (Lipinski definition) is 1. The third-order valence-corrected chi connectivity index (χ3v) is 4.07. The molecule has 128 valence electrons. The lowest BCUT2D eigenvalue weighted by atomic mass is 10.2. The van der Waals surface area contributed by atoms with E-state index in [0.29, 0.717) is 29.3 Å². The van der Waals surface area contributed by atoms with E-state index in [-0.39, 0.29) is 19.2 Å². The Bertz CT molecular complexity index is 808. The fourth-order valence-corrected chi connectivity index (χ4v) is 2.79. The minimum Gasteiger partial charge on any atom is -0.454 e. The molecule has 2 aromatic rings. The van der Waals surface area contributed by atoms with Crippen LogP contribution in [0.2, 0.25) is 0 Å². The van der Waals surface area contributed by atoms with Crippen LogP contribution in [-0.2, 0) is 4.74 Å². The molecule has 7 heteroatoms. The van der Waals surface area contributed by atoms with E-state index in [0.717, 1.165) is 0 Å². The predicted octanol–water partition coefficient (Wildman–Crippen LogP) is 2.17. The number of ether oxygens (including phenoxy) is 3. The van der Waals surface area contributed by atoms with Crippen LogP contribution in [0, 0.1) is 0 Å². The molecule has 4 rings (SSSR count). The van der Waals surface area contributed by atoms with Crippen molar-refractivity contribution in [3.63, 3.8) is 0 Å². The second kappa shape index (κ2) is 6.35. The molecule has 0 unspecified atom stereocenters. The lowest BCUT2D eigenvalue weighted by Crippen LogP contribution is -2.34. The Morgan fingerprint density at radius 3 is 2.76 bits per heavy atom. The third-order valence-electron chi connectivity index (χ3n) is 4.07. The summed E-state index contributed by atoms with van der Waals surface area (Å²) < 4.78 is 15.9. The lowest BCUT2D eigenvalue weighted by Gasteiger charge is -2.13. The van der Waals surface area contributed by atoms with Crippen LogP contribution in [0.3, 0.4) is 0 Å². The number of cyclic esters (lactones) is 1. The van der Waals surface area contributed by atoms with E-state index in [1.54, 1.807) is 42.5 Å². The highest BCUT2D eigenvalue weighted by molar-refractivity contribution is 5.94. The standard InChI is InChI=1S/C18H16N2O5/c21-17(12-4-2-1-3-5-12)19-9-14-10-20(18(22)25-14)13-6-7-15-16(8-13)24-11-23-15/h1-8,14H,9-11H2,(H,19,21)/t14-/m1/s1. The Kier molecular flexibility index (Phi) is 3.89. The van der Waals surface area contributed by atoms with Crippen LogP contribution in [0.4, 0.5) is 10.5 Å². The number of nitrogens with one attached hydrogen (secondary N) is 1. The molecule has 1 fully saturated rings. The monoisotopic (exact) mass is 340 g/mol. The van der Waals surface area contributed by atoms with Crippen LogP contribution in [0.1, 0.15) is 10.4 Å². The van der Waals surface area contributed by atoms with Gasteiger partial charge >= 0.3 is 6.09 Å². The van der Waals surface area contributed by atoms with Crippen molar-refractivity contribution in [1.82, 2.24) is 5.32 Å². The Hall–Kier alpha value is -3.22. The van der Waals surface area contributed by atoms with Gasteiger partial charge in [-0.1, -0.05) is 18.2 Å². The van der Waals surface area contributed by atoms with Gasteiger partial charge in [0, 0.05) is 11.6 Å². The molecule has 1 N–H and O–H groups in total. The number of anilines is 1. The summed E-state index contributed by atoms with van der Waals surface area (Å²) in [6.45, 7) is 0.783. The molecule has 2 aliphatic rings. The Morgan fingerprint density at radius 1 is 1.12 bits per heavy atom. The summed E-state index contributed by atoms with van der Waals surface area (Å²) in [6, 6.07) is 14.2. The van der Waals surface area contributed by atoms with Gasteiger partial charge in [-0.3, -0.25) is 9.69 Å². The summed E-state index contributed by atoms with van der Waals surface area (Å²) in [4.78, 5) is 25.7. The Balaban J connectivity index is 1.38. The van der Waals surface area contributed by atoms with E-state index in [1.165, 1.54) is 4.90 Å². The summed E-state index contributed by atoms with van der Waals surface area (Å²) in [6.07, 6.45) is -0.858. The van der Waals surface area contributed by atoms with E-state index in [1.807, 2.05) is 6.07 Å². The van der Waals surface area contributed by atoms with Gasteiger partial charge in [0.2, 0.25) is 6.79 Å². The normalized spacial score (nSPS) is 18.2. The Labute approximate surface area is 144 Å². The molecule has 0 radical (unpaired) electrons. The van der Waals surface area contributed by atoms with Gasteiger partial charge in [-0.15, -0.1) is 0 Å². The molecular weight excluding hydrogens is 324 g/mol. The number of nitrogens with zero attached hydrogens (tertiary/aromatic N) is 1. The molecule has 2 aromatic carbocycles. The van der Waals surface area contributed by atoms with Gasteiger partial charge in [-0.05, 0) is 24.3 Å². The zero-order valence-corrected chi connectivity index (χ0v) is 13.3. The van der Waals surface area contributed by atoms with Crippen molar-refractivity contribution >= 4 is 17.7 Å². The van der Waals surface area contributed by atoms with Crippen molar-refractivity contribution in [1.29, 1.82) is 0 Å². The van der Waals surface area contributed by atoms with Gasteiger partial charge in [0.15, 0.2) is 11.5 Å². The average molecular weight is 340 g/mol. The highest BCUT2D eigenvalue weighted by Gasteiger charge is 2.33. The molecule has 0 aliphatic carbocycles. The van der Waals surface area contributed by atoms with E-state index >= 15 is 0 Å². The lowest BCUT2D eigenvalue weighted by molar-refractivity contribution is 0.0916. The van der Waals surface area contributed by atoms with Gasteiger partial charge < -0.3 is 19.5 Å².